The van der Waals surface area contributed by atoms with Crippen LogP contribution in [0.5, 0.6) is 5.75 Å². The van der Waals surface area contributed by atoms with Gasteiger partial charge in [0.15, 0.2) is 11.0 Å². The summed E-state index contributed by atoms with van der Waals surface area (Å²) in [6.45, 7) is 1.09. The summed E-state index contributed by atoms with van der Waals surface area (Å²) in [5.74, 6) is 2.45. The van der Waals surface area contributed by atoms with E-state index in [1.165, 1.54) is 16.6 Å². The van der Waals surface area contributed by atoms with Gasteiger partial charge in [-0.2, -0.15) is 0 Å². The molecule has 0 radical (unpaired) electrons. The van der Waals surface area contributed by atoms with Gasteiger partial charge in [-0.3, -0.25) is 9.36 Å². The summed E-state index contributed by atoms with van der Waals surface area (Å²) in [6.07, 6.45) is 2.47. The number of benzene rings is 1. The van der Waals surface area contributed by atoms with Crippen LogP contribution in [0.1, 0.15) is 10.6 Å². The van der Waals surface area contributed by atoms with Crippen molar-refractivity contribution >= 4 is 29.0 Å². The molecule has 0 bridgehead atoms. The van der Waals surface area contributed by atoms with Gasteiger partial charge in [0.2, 0.25) is 5.91 Å². The first-order valence-electron chi connectivity index (χ1n) is 9.75. The van der Waals surface area contributed by atoms with Gasteiger partial charge in [0.1, 0.15) is 11.5 Å². The number of thioether (sulfide) groups is 1. The Balaban J connectivity index is 1.46. The van der Waals surface area contributed by atoms with Gasteiger partial charge in [0.25, 0.3) is 0 Å². The molecule has 7 nitrogen and oxygen atoms in total. The van der Waals surface area contributed by atoms with E-state index < -0.39 is 0 Å². The molecule has 3 heterocycles. The fourth-order valence-electron chi connectivity index (χ4n) is 3.03. The van der Waals surface area contributed by atoms with Crippen LogP contribution in [0.2, 0.25) is 0 Å². The van der Waals surface area contributed by atoms with Crippen LogP contribution in [0.15, 0.2) is 69.7 Å². The first kappa shape index (κ1) is 21.2. The fourth-order valence-corrected chi connectivity index (χ4v) is 4.51. The van der Waals surface area contributed by atoms with Crippen molar-refractivity contribution < 1.29 is 13.9 Å². The number of furan rings is 1. The van der Waals surface area contributed by atoms with Crippen molar-refractivity contribution in [3.63, 3.8) is 0 Å². The number of amides is 1. The third kappa shape index (κ3) is 5.56. The number of hydrogen-bond donors (Lipinski definition) is 1. The molecule has 0 spiro atoms. The molecular formula is C22H22N4O3S2. The minimum Gasteiger partial charge on any atom is -0.497 e. The lowest BCUT2D eigenvalue weighted by molar-refractivity contribution is -0.118. The van der Waals surface area contributed by atoms with Crippen molar-refractivity contribution in [2.45, 2.75) is 18.1 Å². The van der Waals surface area contributed by atoms with Crippen molar-refractivity contribution in [2.24, 2.45) is 0 Å². The third-order valence-electron chi connectivity index (χ3n) is 4.54. The quantitative estimate of drug-likeness (QED) is 0.363. The third-order valence-corrected chi connectivity index (χ3v) is 6.45. The largest absolute Gasteiger partial charge is 0.497 e. The zero-order valence-electron chi connectivity index (χ0n) is 17.0. The minimum absolute atomic E-state index is 0.0305. The summed E-state index contributed by atoms with van der Waals surface area (Å²) < 4.78 is 12.8. The minimum atomic E-state index is -0.0305. The van der Waals surface area contributed by atoms with E-state index in [-0.39, 0.29) is 11.7 Å². The molecule has 0 saturated carbocycles. The summed E-state index contributed by atoms with van der Waals surface area (Å²) in [6, 6.07) is 15.5. The molecule has 4 aromatic rings. The van der Waals surface area contributed by atoms with Crippen molar-refractivity contribution in [1.82, 2.24) is 20.1 Å². The normalized spacial score (nSPS) is 10.9. The van der Waals surface area contributed by atoms with E-state index in [0.29, 0.717) is 24.1 Å². The van der Waals surface area contributed by atoms with Gasteiger partial charge in [0, 0.05) is 17.0 Å². The molecule has 160 valence electrons. The van der Waals surface area contributed by atoms with Crippen molar-refractivity contribution in [3.05, 3.63) is 70.8 Å². The molecule has 0 atom stereocenters. The van der Waals surface area contributed by atoms with Crippen LogP contribution >= 0.6 is 23.1 Å². The molecule has 0 unspecified atom stereocenters. The monoisotopic (exact) mass is 454 g/mol. The molecule has 0 saturated heterocycles. The Morgan fingerprint density at radius 3 is 2.94 bits per heavy atom. The van der Waals surface area contributed by atoms with E-state index in [1.807, 2.05) is 52.4 Å². The van der Waals surface area contributed by atoms with Crippen LogP contribution in [-0.2, 0) is 17.8 Å². The molecule has 31 heavy (non-hydrogen) atoms. The number of carbonyl (C=O) groups is 1. The van der Waals surface area contributed by atoms with E-state index in [9.17, 15) is 4.79 Å². The summed E-state index contributed by atoms with van der Waals surface area (Å²) >= 11 is 3.05. The Labute approximate surface area is 188 Å². The summed E-state index contributed by atoms with van der Waals surface area (Å²) in [5.41, 5.74) is 0.880. The number of thiophene rings is 1. The van der Waals surface area contributed by atoms with Crippen LogP contribution in [0.25, 0.3) is 11.4 Å². The highest BCUT2D eigenvalue weighted by molar-refractivity contribution is 7.99. The molecule has 0 aliphatic heterocycles. The number of nitrogens with zero attached hydrogens (tertiary/aromatic N) is 3. The van der Waals surface area contributed by atoms with Crippen molar-refractivity contribution in [1.29, 1.82) is 0 Å². The number of carbonyl (C=O) groups excluding carboxylic acids is 1. The topological polar surface area (TPSA) is 82.2 Å². The first-order chi connectivity index (χ1) is 15.2. The first-order valence-corrected chi connectivity index (χ1v) is 11.6. The van der Waals surface area contributed by atoms with E-state index >= 15 is 0 Å². The number of aromatic nitrogens is 3. The van der Waals surface area contributed by atoms with Crippen LogP contribution in [0.4, 0.5) is 0 Å². The molecule has 1 aromatic carbocycles. The summed E-state index contributed by atoms with van der Waals surface area (Å²) in [4.78, 5) is 13.6. The second kappa shape index (κ2) is 10.3. The number of nitrogens with one attached hydrogen (secondary N) is 1. The van der Waals surface area contributed by atoms with Gasteiger partial charge in [-0.25, -0.2) is 0 Å². The van der Waals surface area contributed by atoms with E-state index in [1.54, 1.807) is 24.7 Å². The number of rotatable bonds is 10. The molecule has 0 aliphatic rings. The number of ether oxygens (including phenoxy) is 1. The van der Waals surface area contributed by atoms with Crippen molar-refractivity contribution in [3.8, 4) is 17.1 Å². The lowest BCUT2D eigenvalue weighted by atomic mass is 10.2. The number of hydrogen-bond acceptors (Lipinski definition) is 7. The average molecular weight is 455 g/mol. The lowest BCUT2D eigenvalue weighted by Gasteiger charge is -2.10. The Bertz CT molecular complexity index is 1110. The predicted molar refractivity (Wildman–Crippen MR) is 122 cm³/mol. The molecule has 9 heteroatoms. The molecule has 3 aromatic heterocycles. The molecular weight excluding hydrogens is 432 g/mol. The van der Waals surface area contributed by atoms with Crippen LogP contribution < -0.4 is 10.1 Å². The Morgan fingerprint density at radius 2 is 2.16 bits per heavy atom. The molecule has 1 N–H and O–H groups in total. The Hall–Kier alpha value is -3.04. The zero-order chi connectivity index (χ0) is 21.5. The molecule has 4 rings (SSSR count). The van der Waals surface area contributed by atoms with Gasteiger partial charge < -0.3 is 14.5 Å². The maximum Gasteiger partial charge on any atom is 0.230 e. The average Bonchev–Trinajstić information content (AvgIpc) is 3.56. The van der Waals surface area contributed by atoms with E-state index in [4.69, 9.17) is 9.15 Å². The van der Waals surface area contributed by atoms with Gasteiger partial charge in [-0.05, 0) is 42.1 Å². The SMILES string of the molecule is COc1cccc(-c2nnc(SCC(=O)NCCc3cccs3)n2Cc2ccco2)c1. The second-order valence-electron chi connectivity index (χ2n) is 6.67. The number of methoxy groups -OCH3 is 1. The highest BCUT2D eigenvalue weighted by Crippen LogP contribution is 2.27. The van der Waals surface area contributed by atoms with Gasteiger partial charge in [0.05, 0.1) is 25.7 Å². The highest BCUT2D eigenvalue weighted by atomic mass is 32.2. The Morgan fingerprint density at radius 1 is 1.23 bits per heavy atom. The zero-order valence-corrected chi connectivity index (χ0v) is 18.6. The molecule has 0 aliphatic carbocycles. The smallest absolute Gasteiger partial charge is 0.230 e. The molecule has 1 amide bonds. The van der Waals surface area contributed by atoms with Gasteiger partial charge in [-0.1, -0.05) is 30.0 Å². The summed E-state index contributed by atoms with van der Waals surface area (Å²) in [7, 11) is 1.63. The predicted octanol–water partition coefficient (Wildman–Crippen LogP) is 4.11. The standard InChI is InChI=1S/C22H22N4O3S2/c1-28-17-6-2-5-16(13-17)21-24-25-22(26(21)14-18-7-3-11-29-18)31-15-20(27)23-10-9-19-8-4-12-30-19/h2-8,11-13H,9-10,14-15H2,1H3,(H,23,27). The maximum absolute atomic E-state index is 12.3. The second-order valence-corrected chi connectivity index (χ2v) is 8.65. The van der Waals surface area contributed by atoms with Crippen LogP contribution in [0.3, 0.4) is 0 Å². The highest BCUT2D eigenvalue weighted by Gasteiger charge is 2.17. The van der Waals surface area contributed by atoms with Crippen LogP contribution in [-0.4, -0.2) is 40.1 Å². The Kier molecular flexibility index (Phi) is 7.06. The maximum atomic E-state index is 12.3. The summed E-state index contributed by atoms with van der Waals surface area (Å²) in [5, 5.41) is 14.4. The molecule has 0 fully saturated rings. The van der Waals surface area contributed by atoms with Crippen molar-refractivity contribution in [2.75, 3.05) is 19.4 Å². The van der Waals surface area contributed by atoms with E-state index in [2.05, 4.69) is 21.6 Å². The van der Waals surface area contributed by atoms with Crippen LogP contribution in [0, 0.1) is 0 Å². The fraction of sp³-hybridized carbons (Fsp3) is 0.227. The van der Waals surface area contributed by atoms with Gasteiger partial charge in [-0.15, -0.1) is 21.5 Å². The van der Waals surface area contributed by atoms with E-state index in [0.717, 1.165) is 23.5 Å². The lowest BCUT2D eigenvalue weighted by Crippen LogP contribution is -2.27. The van der Waals surface area contributed by atoms with Gasteiger partial charge >= 0.3 is 0 Å².